The fraction of sp³-hybridized carbons (Fsp3) is 0.289. The van der Waals surface area contributed by atoms with Crippen molar-refractivity contribution in [1.29, 1.82) is 0 Å². The van der Waals surface area contributed by atoms with Gasteiger partial charge < -0.3 is 30.0 Å². The first-order valence-electron chi connectivity index (χ1n) is 15.8. The van der Waals surface area contributed by atoms with Crippen molar-refractivity contribution in [2.45, 2.75) is 69.8 Å². The number of ether oxygens (including phenoxy) is 3. The van der Waals surface area contributed by atoms with E-state index in [-0.39, 0.29) is 30.6 Å². The Morgan fingerprint density at radius 1 is 0.875 bits per heavy atom. The summed E-state index contributed by atoms with van der Waals surface area (Å²) in [6.07, 6.45) is -1.15. The zero-order valence-electron chi connectivity index (χ0n) is 27.2. The van der Waals surface area contributed by atoms with E-state index < -0.39 is 18.4 Å². The highest BCUT2D eigenvalue weighted by Gasteiger charge is 2.32. The summed E-state index contributed by atoms with van der Waals surface area (Å²) in [7, 11) is 0. The minimum Gasteiger partial charge on any atom is -0.453 e. The molecule has 48 heavy (non-hydrogen) atoms. The van der Waals surface area contributed by atoms with Crippen molar-refractivity contribution in [3.05, 3.63) is 119 Å². The van der Waals surface area contributed by atoms with Gasteiger partial charge in [-0.2, -0.15) is 0 Å². The molecular weight excluding hydrogens is 628 g/mol. The van der Waals surface area contributed by atoms with E-state index in [2.05, 4.69) is 16.7 Å². The van der Waals surface area contributed by atoms with E-state index in [1.807, 2.05) is 91.0 Å². The van der Waals surface area contributed by atoms with Crippen LogP contribution in [-0.2, 0) is 41.7 Å². The van der Waals surface area contributed by atoms with Crippen LogP contribution in [0.1, 0.15) is 61.8 Å². The van der Waals surface area contributed by atoms with Crippen molar-refractivity contribution < 1.29 is 33.7 Å². The van der Waals surface area contributed by atoms with E-state index in [1.54, 1.807) is 18.7 Å². The van der Waals surface area contributed by atoms with Crippen molar-refractivity contribution in [3.63, 3.8) is 0 Å². The monoisotopic (exact) mass is 668 g/mol. The van der Waals surface area contributed by atoms with Gasteiger partial charge in [0.2, 0.25) is 5.91 Å². The quantitative estimate of drug-likeness (QED) is 0.113. The molecule has 4 atom stereocenters. The van der Waals surface area contributed by atoms with Gasteiger partial charge in [0.25, 0.3) is 5.91 Å². The summed E-state index contributed by atoms with van der Waals surface area (Å²) in [5, 5.41) is 15.2. The van der Waals surface area contributed by atoms with Gasteiger partial charge in [-0.25, -0.2) is 0 Å². The Morgan fingerprint density at radius 2 is 1.58 bits per heavy atom. The molecule has 0 aromatic heterocycles. The van der Waals surface area contributed by atoms with Gasteiger partial charge in [-0.05, 0) is 71.1 Å². The number of aliphatic hydroxyl groups excluding tert-OH is 1. The number of carbonyl (C=O) groups excluding carboxylic acids is 3. The minimum atomic E-state index is -0.868. The van der Waals surface area contributed by atoms with Gasteiger partial charge in [0.15, 0.2) is 12.4 Å². The summed E-state index contributed by atoms with van der Waals surface area (Å²) < 4.78 is 18.1. The largest absolute Gasteiger partial charge is 0.453 e. The summed E-state index contributed by atoms with van der Waals surface area (Å²) in [5.41, 5.74) is 6.34. The summed E-state index contributed by atoms with van der Waals surface area (Å²) in [6, 6.07) is 31.5. The molecule has 2 amide bonds. The maximum atomic E-state index is 12.3. The molecule has 1 heterocycles. The Morgan fingerprint density at radius 3 is 2.27 bits per heavy atom. The van der Waals surface area contributed by atoms with Crippen LogP contribution in [0.25, 0.3) is 11.1 Å². The highest BCUT2D eigenvalue weighted by molar-refractivity contribution is 7.99. The molecule has 3 N–H and O–H groups in total. The predicted molar refractivity (Wildman–Crippen MR) is 185 cm³/mol. The number of carbonyl (C=O) groups is 3. The molecule has 1 fully saturated rings. The number of benzene rings is 4. The van der Waals surface area contributed by atoms with Crippen molar-refractivity contribution in [2.24, 2.45) is 0 Å². The van der Waals surface area contributed by atoms with Crippen molar-refractivity contribution in [1.82, 2.24) is 5.32 Å². The lowest BCUT2D eigenvalue weighted by Gasteiger charge is -2.36. The molecule has 4 aromatic carbocycles. The number of aliphatic hydroxyl groups is 1. The van der Waals surface area contributed by atoms with Crippen LogP contribution < -0.4 is 10.6 Å². The van der Waals surface area contributed by atoms with Crippen molar-refractivity contribution >= 4 is 35.2 Å². The second-order valence-electron chi connectivity index (χ2n) is 11.7. The standard InChI is InChI=1S/C38H40N2O7S/c1-24(45-26(3)43)37(44)39-21-28-6-4-7-30(18-28)31-8-5-9-32(19-31)38-46-34(20-36(47-38)29-12-10-27(22-41)11-13-29)23-48-35-16-14-33(15-17-35)40-25(2)42/h4-19,24,34,36,38,41H,20-23H2,1-3H3,(H,39,44)(H,40,42)/t24-,34+,36-,38-/m0/s1. The topological polar surface area (TPSA) is 123 Å². The number of anilines is 1. The van der Waals surface area contributed by atoms with Gasteiger partial charge in [-0.1, -0.05) is 60.7 Å². The fourth-order valence-electron chi connectivity index (χ4n) is 5.41. The second-order valence-corrected chi connectivity index (χ2v) is 12.8. The first-order chi connectivity index (χ1) is 23.2. The first kappa shape index (κ1) is 34.8. The third-order valence-corrected chi connectivity index (χ3v) is 8.97. The average Bonchev–Trinajstić information content (AvgIpc) is 3.10. The molecule has 10 heteroatoms. The Kier molecular flexibility index (Phi) is 12.0. The molecule has 1 aliphatic rings. The zero-order chi connectivity index (χ0) is 34.0. The molecule has 0 saturated carbocycles. The SMILES string of the molecule is CC(=O)Nc1ccc(SC[C@H]2C[C@@H](c3ccc(CO)cc3)O[C@@H](c3cccc(-c4cccc(CNC(=O)[C@H](C)OC(C)=O)c4)c3)O2)cc1. The van der Waals surface area contributed by atoms with Crippen LogP contribution in [-0.4, -0.2) is 40.9 Å². The minimum absolute atomic E-state index is 0.0225. The average molecular weight is 669 g/mol. The Balaban J connectivity index is 1.32. The first-order valence-corrected chi connectivity index (χ1v) is 16.8. The lowest BCUT2D eigenvalue weighted by Crippen LogP contribution is -2.35. The number of rotatable bonds is 12. The normalized spacial score (nSPS) is 18.0. The number of amides is 2. The summed E-state index contributed by atoms with van der Waals surface area (Å²) in [6.45, 7) is 4.57. The third kappa shape index (κ3) is 9.77. The highest BCUT2D eigenvalue weighted by atomic mass is 32.2. The van der Waals surface area contributed by atoms with Crippen LogP contribution in [0, 0.1) is 0 Å². The molecular formula is C38H40N2O7S. The van der Waals surface area contributed by atoms with Gasteiger partial charge in [-0.3, -0.25) is 14.4 Å². The Bertz CT molecular complexity index is 1710. The van der Waals surface area contributed by atoms with Crippen LogP contribution in [0.2, 0.25) is 0 Å². The fourth-order valence-corrected chi connectivity index (χ4v) is 6.33. The van der Waals surface area contributed by atoms with Crippen LogP contribution in [0.3, 0.4) is 0 Å². The summed E-state index contributed by atoms with van der Waals surface area (Å²) in [4.78, 5) is 36.0. The summed E-state index contributed by atoms with van der Waals surface area (Å²) in [5.74, 6) is -0.271. The van der Waals surface area contributed by atoms with Gasteiger partial charge in [0.1, 0.15) is 0 Å². The van der Waals surface area contributed by atoms with E-state index in [4.69, 9.17) is 14.2 Å². The summed E-state index contributed by atoms with van der Waals surface area (Å²) >= 11 is 1.69. The molecule has 0 radical (unpaired) electrons. The Labute approximate surface area is 285 Å². The smallest absolute Gasteiger partial charge is 0.303 e. The molecule has 1 aliphatic heterocycles. The van der Waals surface area contributed by atoms with Gasteiger partial charge in [0.05, 0.1) is 18.8 Å². The predicted octanol–water partition coefficient (Wildman–Crippen LogP) is 6.71. The molecule has 9 nitrogen and oxygen atoms in total. The van der Waals surface area contributed by atoms with Gasteiger partial charge in [-0.15, -0.1) is 11.8 Å². The zero-order valence-corrected chi connectivity index (χ0v) is 28.0. The van der Waals surface area contributed by atoms with Crippen LogP contribution in [0.15, 0.2) is 102 Å². The van der Waals surface area contributed by atoms with Crippen LogP contribution in [0.4, 0.5) is 5.69 Å². The van der Waals surface area contributed by atoms with Gasteiger partial charge >= 0.3 is 5.97 Å². The molecule has 0 bridgehead atoms. The number of hydrogen-bond donors (Lipinski definition) is 3. The van der Waals surface area contributed by atoms with E-state index in [0.29, 0.717) is 18.7 Å². The molecule has 1 saturated heterocycles. The van der Waals surface area contributed by atoms with Crippen LogP contribution in [0.5, 0.6) is 0 Å². The second kappa shape index (κ2) is 16.6. The number of hydrogen-bond acceptors (Lipinski definition) is 8. The maximum absolute atomic E-state index is 12.3. The van der Waals surface area contributed by atoms with E-state index in [1.165, 1.54) is 13.8 Å². The van der Waals surface area contributed by atoms with E-state index in [9.17, 15) is 19.5 Å². The molecule has 0 aliphatic carbocycles. The molecule has 5 rings (SSSR count). The lowest BCUT2D eigenvalue weighted by molar-refractivity contribution is -0.245. The van der Waals surface area contributed by atoms with E-state index >= 15 is 0 Å². The number of nitrogens with one attached hydrogen (secondary N) is 2. The maximum Gasteiger partial charge on any atom is 0.303 e. The third-order valence-electron chi connectivity index (χ3n) is 7.82. The number of thioether (sulfide) groups is 1. The van der Waals surface area contributed by atoms with E-state index in [0.717, 1.165) is 44.0 Å². The molecule has 0 spiro atoms. The van der Waals surface area contributed by atoms with Crippen LogP contribution >= 0.6 is 11.8 Å². The van der Waals surface area contributed by atoms with Crippen molar-refractivity contribution in [2.75, 3.05) is 11.1 Å². The molecule has 4 aromatic rings. The molecule has 250 valence electrons. The number of esters is 1. The lowest BCUT2D eigenvalue weighted by atomic mass is 9.99. The Hall–Kier alpha value is -4.48. The van der Waals surface area contributed by atoms with Crippen molar-refractivity contribution in [3.8, 4) is 11.1 Å². The molecule has 0 unspecified atom stereocenters. The highest BCUT2D eigenvalue weighted by Crippen LogP contribution is 2.40. The van der Waals surface area contributed by atoms with Gasteiger partial charge in [0, 0.05) is 48.7 Å².